The number of ether oxygens (including phenoxy) is 5. The Kier molecular flexibility index (Phi) is 6.93. The Morgan fingerprint density at radius 2 is 1.97 bits per heavy atom. The molecule has 4 rings (SSSR count). The number of aliphatic hydroxyl groups is 2. The lowest BCUT2D eigenvalue weighted by Gasteiger charge is -2.43. The molecule has 1 aliphatic carbocycles. The largest absolute Gasteiger partial charge is 0.451 e. The lowest BCUT2D eigenvalue weighted by atomic mass is 9.68. The third-order valence-corrected chi connectivity index (χ3v) is 6.82. The van der Waals surface area contributed by atoms with Gasteiger partial charge in [-0.2, -0.15) is 0 Å². The first-order valence-electron chi connectivity index (χ1n) is 11.2. The van der Waals surface area contributed by atoms with Gasteiger partial charge in [0.2, 0.25) is 6.41 Å². The Balaban J connectivity index is 1.38. The second-order valence-electron chi connectivity index (χ2n) is 9.35. The molecule has 3 fully saturated rings. The van der Waals surface area contributed by atoms with Crippen molar-refractivity contribution in [2.24, 2.45) is 5.92 Å². The van der Waals surface area contributed by atoms with E-state index in [1.165, 1.54) is 5.57 Å². The minimum atomic E-state index is -1.43. The van der Waals surface area contributed by atoms with Gasteiger partial charge in [0.1, 0.15) is 11.4 Å². The first-order valence-corrected chi connectivity index (χ1v) is 11.2. The Hall–Kier alpha value is -1.52. The van der Waals surface area contributed by atoms with E-state index >= 15 is 0 Å². The average Bonchev–Trinajstić information content (AvgIpc) is 3.65. The predicted octanol–water partition coefficient (Wildman–Crippen LogP) is 2.30. The number of benzene rings is 1. The second kappa shape index (κ2) is 9.38. The smallest absolute Gasteiger partial charge is 0.260 e. The summed E-state index contributed by atoms with van der Waals surface area (Å²) in [4.78, 5) is 0. The fourth-order valence-corrected chi connectivity index (χ4v) is 5.08. The van der Waals surface area contributed by atoms with Crippen molar-refractivity contribution in [1.82, 2.24) is 5.32 Å². The van der Waals surface area contributed by atoms with Gasteiger partial charge in [-0.1, -0.05) is 29.8 Å². The van der Waals surface area contributed by atoms with E-state index in [4.69, 9.17) is 23.7 Å². The molecule has 0 radical (unpaired) electrons. The lowest BCUT2D eigenvalue weighted by molar-refractivity contribution is -0.236. The second-order valence-corrected chi connectivity index (χ2v) is 9.35. The van der Waals surface area contributed by atoms with E-state index in [9.17, 15) is 10.2 Å². The molecule has 2 aliphatic heterocycles. The van der Waals surface area contributed by atoms with E-state index in [1.54, 1.807) is 31.4 Å². The number of rotatable bonds is 10. The zero-order valence-electron chi connectivity index (χ0n) is 19.2. The van der Waals surface area contributed by atoms with Gasteiger partial charge in [-0.15, -0.1) is 0 Å². The van der Waals surface area contributed by atoms with E-state index in [2.05, 4.69) is 32.2 Å². The molecule has 178 valence electrons. The van der Waals surface area contributed by atoms with Crippen LogP contribution in [0.5, 0.6) is 5.75 Å². The molecule has 3 aliphatic rings. The fourth-order valence-electron chi connectivity index (χ4n) is 5.08. The molecule has 2 saturated heterocycles. The van der Waals surface area contributed by atoms with Gasteiger partial charge in [-0.3, -0.25) is 0 Å². The molecule has 2 heterocycles. The van der Waals surface area contributed by atoms with Crippen molar-refractivity contribution < 1.29 is 33.9 Å². The number of epoxide rings is 2. The molecule has 1 spiro atoms. The number of methoxy groups -OCH3 is 1. The Morgan fingerprint density at radius 3 is 2.59 bits per heavy atom. The van der Waals surface area contributed by atoms with E-state index in [1.807, 2.05) is 6.07 Å². The van der Waals surface area contributed by atoms with Gasteiger partial charge in [0.05, 0.1) is 36.4 Å². The maximum absolute atomic E-state index is 10.4. The summed E-state index contributed by atoms with van der Waals surface area (Å²) in [6.45, 7) is 6.96. The normalized spacial score (nSPS) is 37.6. The first-order chi connectivity index (χ1) is 15.3. The zero-order chi connectivity index (χ0) is 22.9. The molecule has 8 unspecified atom stereocenters. The van der Waals surface area contributed by atoms with Crippen molar-refractivity contribution >= 4 is 0 Å². The van der Waals surface area contributed by atoms with Crippen LogP contribution in [-0.2, 0) is 18.9 Å². The van der Waals surface area contributed by atoms with Gasteiger partial charge in [-0.25, -0.2) is 5.32 Å². The van der Waals surface area contributed by atoms with E-state index in [0.29, 0.717) is 18.8 Å². The van der Waals surface area contributed by atoms with Gasteiger partial charge in [-0.05, 0) is 52.2 Å². The highest BCUT2D eigenvalue weighted by molar-refractivity contribution is 5.21. The maximum atomic E-state index is 10.4. The number of allylic oxidation sites excluding steroid dienone is 1. The molecule has 3 N–H and O–H groups in total. The van der Waals surface area contributed by atoms with Gasteiger partial charge in [0.15, 0.2) is 0 Å². The van der Waals surface area contributed by atoms with Crippen molar-refractivity contribution in [3.8, 4) is 5.75 Å². The summed E-state index contributed by atoms with van der Waals surface area (Å²) < 4.78 is 29.2. The van der Waals surface area contributed by atoms with Gasteiger partial charge >= 0.3 is 0 Å². The highest BCUT2D eigenvalue weighted by Gasteiger charge is 2.72. The Bertz CT molecular complexity index is 795. The molecule has 32 heavy (non-hydrogen) atoms. The van der Waals surface area contributed by atoms with Crippen LogP contribution in [-0.4, -0.2) is 66.3 Å². The fraction of sp³-hybridized carbons (Fsp3) is 0.667. The lowest BCUT2D eigenvalue weighted by Crippen LogP contribution is -2.57. The van der Waals surface area contributed by atoms with Crippen LogP contribution in [0.15, 0.2) is 42.0 Å². The quantitative estimate of drug-likeness (QED) is 0.284. The minimum Gasteiger partial charge on any atom is -0.451 e. The van der Waals surface area contributed by atoms with E-state index in [0.717, 1.165) is 12.8 Å². The topological polar surface area (TPSA) is 105 Å². The molecular formula is C24H35NO7. The predicted molar refractivity (Wildman–Crippen MR) is 117 cm³/mol. The van der Waals surface area contributed by atoms with Gasteiger partial charge in [0.25, 0.3) is 6.41 Å². The highest BCUT2D eigenvalue weighted by atomic mass is 16.7. The zero-order valence-corrected chi connectivity index (χ0v) is 19.2. The summed E-state index contributed by atoms with van der Waals surface area (Å²) >= 11 is 0. The number of nitrogens with one attached hydrogen (secondary N) is 1. The standard InChI is InChI=1S/C24H35NO7/c1-15(2)10-11-18-23(3,32-18)20-19(28-4)17(12-13-24(20)14-29-24)31-22(27)25-21(26)30-16-8-6-5-7-9-16/h5-10,17-22,25-27H,11-14H2,1-4H3. The molecule has 1 aromatic carbocycles. The van der Waals surface area contributed by atoms with Crippen LogP contribution < -0.4 is 10.1 Å². The number of hydrogen-bond donors (Lipinski definition) is 3. The highest BCUT2D eigenvalue weighted by Crippen LogP contribution is 2.59. The molecule has 0 bridgehead atoms. The minimum absolute atomic E-state index is 0.0213. The van der Waals surface area contributed by atoms with Gasteiger partial charge in [0, 0.05) is 7.11 Å². The maximum Gasteiger partial charge on any atom is 0.260 e. The van der Waals surface area contributed by atoms with Gasteiger partial charge < -0.3 is 33.9 Å². The van der Waals surface area contributed by atoms with Crippen LogP contribution >= 0.6 is 0 Å². The molecule has 8 heteroatoms. The van der Waals surface area contributed by atoms with Crippen LogP contribution in [0.2, 0.25) is 0 Å². The van der Waals surface area contributed by atoms with Crippen molar-refractivity contribution in [3.05, 3.63) is 42.0 Å². The third-order valence-electron chi connectivity index (χ3n) is 6.82. The van der Waals surface area contributed by atoms with Crippen LogP contribution in [0.3, 0.4) is 0 Å². The molecule has 8 atom stereocenters. The van der Waals surface area contributed by atoms with Crippen molar-refractivity contribution in [2.75, 3.05) is 13.7 Å². The van der Waals surface area contributed by atoms with Crippen molar-refractivity contribution in [1.29, 1.82) is 0 Å². The molecule has 8 nitrogen and oxygen atoms in total. The Labute approximate surface area is 189 Å². The Morgan fingerprint density at radius 1 is 1.25 bits per heavy atom. The van der Waals surface area contributed by atoms with Crippen LogP contribution in [0.4, 0.5) is 0 Å². The van der Waals surface area contributed by atoms with Crippen molar-refractivity contribution in [3.63, 3.8) is 0 Å². The summed E-state index contributed by atoms with van der Waals surface area (Å²) in [5, 5.41) is 23.0. The van der Waals surface area contributed by atoms with E-state index in [-0.39, 0.29) is 29.3 Å². The van der Waals surface area contributed by atoms with Crippen LogP contribution in [0.25, 0.3) is 0 Å². The molecule has 1 aromatic rings. The summed E-state index contributed by atoms with van der Waals surface area (Å²) in [6, 6.07) is 8.85. The summed E-state index contributed by atoms with van der Waals surface area (Å²) in [6.07, 6.45) is 1.03. The van der Waals surface area contributed by atoms with Crippen LogP contribution in [0.1, 0.15) is 40.0 Å². The molecular weight excluding hydrogens is 414 g/mol. The first kappa shape index (κ1) is 23.6. The molecule has 0 aromatic heterocycles. The third kappa shape index (κ3) is 5.02. The number of para-hydroxylation sites is 1. The van der Waals surface area contributed by atoms with Crippen molar-refractivity contribution in [2.45, 2.75) is 82.4 Å². The monoisotopic (exact) mass is 449 g/mol. The average molecular weight is 450 g/mol. The summed E-state index contributed by atoms with van der Waals surface area (Å²) in [5.74, 6) is 0.452. The number of aliphatic hydroxyl groups excluding tert-OH is 2. The SMILES string of the molecule is COC1C(OC(O)NC(O)Oc2ccccc2)CCC2(CO2)C1C1(C)OC1CC=C(C)C. The summed E-state index contributed by atoms with van der Waals surface area (Å²) in [5.41, 5.74) is 0.627. The molecule has 0 amide bonds. The summed E-state index contributed by atoms with van der Waals surface area (Å²) in [7, 11) is 1.65. The van der Waals surface area contributed by atoms with Crippen LogP contribution in [0, 0.1) is 5.92 Å². The molecule has 1 saturated carbocycles. The number of hydrogen-bond acceptors (Lipinski definition) is 8. The van der Waals surface area contributed by atoms with E-state index < -0.39 is 18.9 Å².